The molecule has 16 heavy (non-hydrogen) atoms. The second-order valence-corrected chi connectivity index (χ2v) is 3.64. The molecule has 1 amide bonds. The van der Waals surface area contributed by atoms with E-state index < -0.39 is 11.9 Å². The fourth-order valence-corrected chi connectivity index (χ4v) is 1.12. The Morgan fingerprint density at radius 2 is 2.25 bits per heavy atom. The van der Waals surface area contributed by atoms with Crippen molar-refractivity contribution in [3.05, 3.63) is 29.6 Å². The van der Waals surface area contributed by atoms with Gasteiger partial charge in [-0.25, -0.2) is 0 Å². The Hall–Kier alpha value is -1.91. The van der Waals surface area contributed by atoms with E-state index in [4.69, 9.17) is 5.11 Å². The Morgan fingerprint density at radius 3 is 2.81 bits per heavy atom. The molecule has 0 fully saturated rings. The average Bonchev–Trinajstić information content (AvgIpc) is 2.25. The number of pyridine rings is 1. The Kier molecular flexibility index (Phi) is 3.99. The number of carboxylic acid groups (broad SMARTS) is 1. The van der Waals surface area contributed by atoms with E-state index >= 15 is 0 Å². The van der Waals surface area contributed by atoms with Gasteiger partial charge in [0.25, 0.3) is 5.91 Å². The van der Waals surface area contributed by atoms with Crippen molar-refractivity contribution < 1.29 is 14.7 Å². The average molecular weight is 222 g/mol. The predicted octanol–water partition coefficient (Wildman–Crippen LogP) is 0.841. The van der Waals surface area contributed by atoms with E-state index in [1.807, 2.05) is 0 Å². The van der Waals surface area contributed by atoms with Crippen molar-refractivity contribution in [1.29, 1.82) is 0 Å². The van der Waals surface area contributed by atoms with Gasteiger partial charge in [0.2, 0.25) is 0 Å². The van der Waals surface area contributed by atoms with Crippen LogP contribution in [-0.4, -0.2) is 28.5 Å². The van der Waals surface area contributed by atoms with Gasteiger partial charge in [-0.1, -0.05) is 6.92 Å². The van der Waals surface area contributed by atoms with Crippen LogP contribution in [-0.2, 0) is 4.79 Å². The quantitative estimate of drug-likeness (QED) is 0.791. The van der Waals surface area contributed by atoms with Crippen molar-refractivity contribution in [2.45, 2.75) is 13.8 Å². The van der Waals surface area contributed by atoms with Gasteiger partial charge >= 0.3 is 5.97 Å². The van der Waals surface area contributed by atoms with Crippen LogP contribution in [0.4, 0.5) is 0 Å². The Balaban J connectivity index is 2.56. The third-order valence-electron chi connectivity index (χ3n) is 2.15. The second kappa shape index (κ2) is 5.25. The molecule has 1 unspecified atom stereocenters. The van der Waals surface area contributed by atoms with Crippen molar-refractivity contribution in [3.63, 3.8) is 0 Å². The lowest BCUT2D eigenvalue weighted by Gasteiger charge is -2.08. The summed E-state index contributed by atoms with van der Waals surface area (Å²) in [5.74, 6) is -1.79. The zero-order valence-corrected chi connectivity index (χ0v) is 9.23. The summed E-state index contributed by atoms with van der Waals surface area (Å²) in [5.41, 5.74) is 1.24. The first kappa shape index (κ1) is 12.2. The van der Waals surface area contributed by atoms with E-state index in [2.05, 4.69) is 10.3 Å². The molecule has 0 saturated heterocycles. The largest absolute Gasteiger partial charge is 0.481 e. The third-order valence-corrected chi connectivity index (χ3v) is 2.15. The summed E-state index contributed by atoms with van der Waals surface area (Å²) in [6.07, 6.45) is 1.55. The van der Waals surface area contributed by atoms with Gasteiger partial charge in [0.05, 0.1) is 5.92 Å². The Morgan fingerprint density at radius 1 is 1.56 bits per heavy atom. The molecule has 5 heteroatoms. The molecule has 5 nitrogen and oxygen atoms in total. The molecule has 0 aliphatic rings. The van der Waals surface area contributed by atoms with Crippen LogP contribution in [0.1, 0.15) is 23.0 Å². The normalized spacial score (nSPS) is 11.9. The summed E-state index contributed by atoms with van der Waals surface area (Å²) in [7, 11) is 0. The minimum absolute atomic E-state index is 0.121. The first-order valence-corrected chi connectivity index (χ1v) is 4.94. The fourth-order valence-electron chi connectivity index (χ4n) is 1.12. The van der Waals surface area contributed by atoms with Crippen molar-refractivity contribution in [2.24, 2.45) is 5.92 Å². The maximum atomic E-state index is 11.6. The highest BCUT2D eigenvalue weighted by atomic mass is 16.4. The van der Waals surface area contributed by atoms with Crippen LogP contribution in [0.2, 0.25) is 0 Å². The minimum atomic E-state index is -0.925. The van der Waals surface area contributed by atoms with Gasteiger partial charge in [0.15, 0.2) is 0 Å². The highest BCUT2D eigenvalue weighted by Gasteiger charge is 2.13. The van der Waals surface area contributed by atoms with E-state index in [1.54, 1.807) is 32.2 Å². The lowest BCUT2D eigenvalue weighted by molar-refractivity contribution is -0.140. The summed E-state index contributed by atoms with van der Waals surface area (Å²) in [5, 5.41) is 11.2. The minimum Gasteiger partial charge on any atom is -0.481 e. The summed E-state index contributed by atoms with van der Waals surface area (Å²) in [4.78, 5) is 26.1. The molecule has 1 heterocycles. The van der Waals surface area contributed by atoms with Crippen LogP contribution in [0.3, 0.4) is 0 Å². The summed E-state index contributed by atoms with van der Waals surface area (Å²) in [6, 6.07) is 3.24. The van der Waals surface area contributed by atoms with Crippen LogP contribution >= 0.6 is 0 Å². The molecule has 2 N–H and O–H groups in total. The standard InChI is InChI=1S/C11H14N2O3/c1-7(11(15)16)6-13-10(14)9-3-4-12-8(2)5-9/h3-5,7H,6H2,1-2H3,(H,13,14)(H,15,16). The summed E-state index contributed by atoms with van der Waals surface area (Å²) < 4.78 is 0. The first-order valence-electron chi connectivity index (χ1n) is 4.94. The van der Waals surface area contributed by atoms with E-state index in [-0.39, 0.29) is 12.5 Å². The van der Waals surface area contributed by atoms with E-state index in [9.17, 15) is 9.59 Å². The number of hydrogen-bond acceptors (Lipinski definition) is 3. The van der Waals surface area contributed by atoms with Gasteiger partial charge in [0, 0.05) is 24.0 Å². The summed E-state index contributed by atoms with van der Waals surface area (Å²) in [6.45, 7) is 3.45. The smallest absolute Gasteiger partial charge is 0.308 e. The Labute approximate surface area is 93.5 Å². The molecule has 0 bridgehead atoms. The van der Waals surface area contributed by atoms with Crippen LogP contribution in [0.5, 0.6) is 0 Å². The van der Waals surface area contributed by atoms with Crippen LogP contribution in [0.15, 0.2) is 18.3 Å². The highest BCUT2D eigenvalue weighted by molar-refractivity contribution is 5.94. The maximum Gasteiger partial charge on any atom is 0.308 e. The zero-order chi connectivity index (χ0) is 12.1. The number of aliphatic carboxylic acids is 1. The highest BCUT2D eigenvalue weighted by Crippen LogP contribution is 2.01. The number of carbonyl (C=O) groups is 2. The monoisotopic (exact) mass is 222 g/mol. The number of carboxylic acids is 1. The molecular weight excluding hydrogens is 208 g/mol. The van der Waals surface area contributed by atoms with Crippen LogP contribution < -0.4 is 5.32 Å². The number of carbonyl (C=O) groups excluding carboxylic acids is 1. The molecule has 1 aromatic heterocycles. The number of aromatic nitrogens is 1. The van der Waals surface area contributed by atoms with Gasteiger partial charge in [-0.2, -0.15) is 0 Å². The van der Waals surface area contributed by atoms with Crippen molar-refractivity contribution in [3.8, 4) is 0 Å². The zero-order valence-electron chi connectivity index (χ0n) is 9.23. The number of aryl methyl sites for hydroxylation is 1. The van der Waals surface area contributed by atoms with E-state index in [0.717, 1.165) is 5.69 Å². The summed E-state index contributed by atoms with van der Waals surface area (Å²) >= 11 is 0. The molecule has 1 rings (SSSR count). The fraction of sp³-hybridized carbons (Fsp3) is 0.364. The van der Waals surface area contributed by atoms with Crippen LogP contribution in [0.25, 0.3) is 0 Å². The SMILES string of the molecule is Cc1cc(C(=O)NCC(C)C(=O)O)ccn1. The molecule has 0 aliphatic heterocycles. The molecule has 0 aromatic carbocycles. The van der Waals surface area contributed by atoms with E-state index in [1.165, 1.54) is 0 Å². The molecule has 86 valence electrons. The Bertz CT molecular complexity index is 404. The van der Waals surface area contributed by atoms with Gasteiger partial charge in [-0.15, -0.1) is 0 Å². The molecule has 0 aliphatic carbocycles. The van der Waals surface area contributed by atoms with Gasteiger partial charge < -0.3 is 10.4 Å². The molecule has 1 aromatic rings. The van der Waals surface area contributed by atoms with Crippen molar-refractivity contribution >= 4 is 11.9 Å². The predicted molar refractivity (Wildman–Crippen MR) is 58.1 cm³/mol. The molecule has 0 radical (unpaired) electrons. The molecule has 0 saturated carbocycles. The second-order valence-electron chi connectivity index (χ2n) is 3.64. The van der Waals surface area contributed by atoms with Crippen LogP contribution in [0, 0.1) is 12.8 Å². The third kappa shape index (κ3) is 3.34. The maximum absolute atomic E-state index is 11.6. The molecular formula is C11H14N2O3. The molecule has 1 atom stereocenters. The lowest BCUT2D eigenvalue weighted by atomic mass is 10.1. The number of nitrogens with zero attached hydrogens (tertiary/aromatic N) is 1. The van der Waals surface area contributed by atoms with Gasteiger partial charge in [0.1, 0.15) is 0 Å². The van der Waals surface area contributed by atoms with Crippen molar-refractivity contribution in [1.82, 2.24) is 10.3 Å². The first-order chi connectivity index (χ1) is 7.50. The number of rotatable bonds is 4. The molecule has 0 spiro atoms. The van der Waals surface area contributed by atoms with Gasteiger partial charge in [-0.05, 0) is 19.1 Å². The van der Waals surface area contributed by atoms with Gasteiger partial charge in [-0.3, -0.25) is 14.6 Å². The number of hydrogen-bond donors (Lipinski definition) is 2. The van der Waals surface area contributed by atoms with E-state index in [0.29, 0.717) is 5.56 Å². The number of amides is 1. The lowest BCUT2D eigenvalue weighted by Crippen LogP contribution is -2.31. The topological polar surface area (TPSA) is 79.3 Å². The van der Waals surface area contributed by atoms with Crippen molar-refractivity contribution in [2.75, 3.05) is 6.54 Å². The number of nitrogens with one attached hydrogen (secondary N) is 1.